The number of rotatable bonds is 2. The molecule has 0 aliphatic carbocycles. The van der Waals surface area contributed by atoms with Crippen LogP contribution in [0, 0.1) is 0 Å². The van der Waals surface area contributed by atoms with E-state index in [1.165, 1.54) is 32.6 Å². The molecule has 5 aromatic rings. The maximum atomic E-state index is 6.36. The first-order valence-corrected chi connectivity index (χ1v) is 12.2. The lowest BCUT2D eigenvalue weighted by Gasteiger charge is -2.32. The lowest BCUT2D eigenvalue weighted by Crippen LogP contribution is -2.41. The molecule has 0 unspecified atom stereocenters. The smallest absolute Gasteiger partial charge is 0.399 e. The molecule has 1 aromatic heterocycles. The normalized spacial score (nSPS) is 16.4. The number of hydrogen-bond donors (Lipinski definition) is 0. The lowest BCUT2D eigenvalue weighted by molar-refractivity contribution is 0.00578. The largest absolute Gasteiger partial charge is 0.494 e. The van der Waals surface area contributed by atoms with Crippen LogP contribution in [0.1, 0.15) is 34.6 Å². The molecule has 0 saturated carbocycles. The molecule has 6 rings (SSSR count). The van der Waals surface area contributed by atoms with Crippen molar-refractivity contribution in [3.05, 3.63) is 97.6 Å². The van der Waals surface area contributed by atoms with E-state index < -0.39 is 0 Å². The molecule has 0 radical (unpaired) electrons. The molecule has 1 saturated heterocycles. The van der Waals surface area contributed by atoms with Crippen LogP contribution in [0.5, 0.6) is 0 Å². The minimum absolute atomic E-state index is 0.364. The lowest BCUT2D eigenvalue weighted by atomic mass is 9.78. The van der Waals surface area contributed by atoms with Crippen LogP contribution in [0.15, 0.2) is 97.6 Å². The summed E-state index contributed by atoms with van der Waals surface area (Å²) in [5.74, 6) is 0. The highest BCUT2D eigenvalue weighted by Gasteiger charge is 2.51. The Balaban J connectivity index is 0.000000806. The number of allylic oxidation sites excluding steroid dienone is 1. The molecule has 2 heterocycles. The maximum absolute atomic E-state index is 6.36. The molecule has 0 amide bonds. The molecule has 4 heteroatoms. The van der Waals surface area contributed by atoms with E-state index in [4.69, 9.17) is 9.31 Å². The Labute approximate surface area is 208 Å². The van der Waals surface area contributed by atoms with E-state index in [1.54, 1.807) is 6.08 Å². The SMILES string of the molecule is C=CC.CC1(C)OB(c2ccc3c(c2)c2c4ccccc4ccc2n3-c2ccccc2)OC1(C)C. The summed E-state index contributed by atoms with van der Waals surface area (Å²) in [5, 5.41) is 4.98. The van der Waals surface area contributed by atoms with Crippen LogP contribution in [-0.2, 0) is 9.31 Å². The molecule has 0 N–H and O–H groups in total. The van der Waals surface area contributed by atoms with Gasteiger partial charge in [0.15, 0.2) is 0 Å². The first-order valence-electron chi connectivity index (χ1n) is 12.2. The minimum atomic E-state index is -0.380. The van der Waals surface area contributed by atoms with Crippen LogP contribution >= 0.6 is 0 Å². The van der Waals surface area contributed by atoms with Crippen molar-refractivity contribution < 1.29 is 9.31 Å². The van der Waals surface area contributed by atoms with Crippen LogP contribution in [0.4, 0.5) is 0 Å². The van der Waals surface area contributed by atoms with Crippen LogP contribution in [0.3, 0.4) is 0 Å². The molecule has 0 bridgehead atoms. The van der Waals surface area contributed by atoms with Gasteiger partial charge in [0.2, 0.25) is 0 Å². The Morgan fingerprint density at radius 1 is 0.743 bits per heavy atom. The number of para-hydroxylation sites is 1. The summed E-state index contributed by atoms with van der Waals surface area (Å²) in [6, 6.07) is 30.2. The molecule has 3 nitrogen and oxygen atoms in total. The predicted molar refractivity (Wildman–Crippen MR) is 150 cm³/mol. The standard InChI is InChI=1S/C28H26BNO2.C3H6/c1-27(2)28(3,4)32-29(31-27)20-15-17-24-23(18-20)26-22-13-9-8-10-19(22)14-16-25(26)30(24)21-11-6-5-7-12-21;1-3-2/h5-18H,1-4H3;3H,1H2,2H3. The van der Waals surface area contributed by atoms with Crippen LogP contribution in [-0.4, -0.2) is 22.9 Å². The van der Waals surface area contributed by atoms with Gasteiger partial charge in [-0.3, -0.25) is 0 Å². The summed E-state index contributed by atoms with van der Waals surface area (Å²) in [4.78, 5) is 0. The molecule has 0 spiro atoms. The summed E-state index contributed by atoms with van der Waals surface area (Å²) >= 11 is 0. The van der Waals surface area contributed by atoms with Crippen molar-refractivity contribution in [3.63, 3.8) is 0 Å². The second-order valence-corrected chi connectivity index (χ2v) is 10.1. The zero-order valence-corrected chi connectivity index (χ0v) is 21.2. The van der Waals surface area contributed by atoms with Gasteiger partial charge >= 0.3 is 7.12 Å². The van der Waals surface area contributed by atoms with E-state index >= 15 is 0 Å². The third kappa shape index (κ3) is 3.87. The number of benzene rings is 4. The van der Waals surface area contributed by atoms with Crippen LogP contribution in [0.2, 0.25) is 0 Å². The van der Waals surface area contributed by atoms with Gasteiger partial charge in [-0.2, -0.15) is 0 Å². The van der Waals surface area contributed by atoms with E-state index in [9.17, 15) is 0 Å². The molecule has 1 aliphatic rings. The summed E-state index contributed by atoms with van der Waals surface area (Å²) in [6.07, 6.45) is 1.75. The monoisotopic (exact) mass is 461 g/mol. The van der Waals surface area contributed by atoms with Gasteiger partial charge in [0.05, 0.1) is 22.2 Å². The third-order valence-electron chi connectivity index (χ3n) is 7.22. The maximum Gasteiger partial charge on any atom is 0.494 e. The average molecular weight is 461 g/mol. The van der Waals surface area contributed by atoms with Crippen molar-refractivity contribution in [2.45, 2.75) is 45.8 Å². The highest BCUT2D eigenvalue weighted by Crippen LogP contribution is 2.39. The molecule has 1 fully saturated rings. The topological polar surface area (TPSA) is 23.4 Å². The van der Waals surface area contributed by atoms with Crippen molar-refractivity contribution in [3.8, 4) is 5.69 Å². The first kappa shape index (κ1) is 23.4. The van der Waals surface area contributed by atoms with Gasteiger partial charge in [-0.05, 0) is 75.1 Å². The van der Waals surface area contributed by atoms with Gasteiger partial charge in [-0.25, -0.2) is 0 Å². The minimum Gasteiger partial charge on any atom is -0.399 e. The zero-order chi connectivity index (χ0) is 24.8. The molecular formula is C31H32BNO2. The summed E-state index contributed by atoms with van der Waals surface area (Å²) in [7, 11) is -0.380. The molecule has 35 heavy (non-hydrogen) atoms. The number of fused-ring (bicyclic) bond motifs is 5. The van der Waals surface area contributed by atoms with Gasteiger partial charge in [0.25, 0.3) is 0 Å². The van der Waals surface area contributed by atoms with Gasteiger partial charge in [0.1, 0.15) is 0 Å². The fourth-order valence-electron chi connectivity index (χ4n) is 4.79. The molecule has 4 aromatic carbocycles. The zero-order valence-electron chi connectivity index (χ0n) is 21.2. The fraction of sp³-hybridized carbons (Fsp3) is 0.226. The van der Waals surface area contributed by atoms with Crippen LogP contribution in [0.25, 0.3) is 38.3 Å². The van der Waals surface area contributed by atoms with Gasteiger partial charge in [0, 0.05) is 16.5 Å². The Bertz CT molecular complexity index is 1520. The summed E-state index contributed by atoms with van der Waals surface area (Å²) in [5.41, 5.74) is 3.87. The van der Waals surface area contributed by atoms with E-state index in [-0.39, 0.29) is 18.3 Å². The second kappa shape index (κ2) is 8.71. The van der Waals surface area contributed by atoms with E-state index in [0.29, 0.717) is 0 Å². The van der Waals surface area contributed by atoms with Crippen molar-refractivity contribution in [2.24, 2.45) is 0 Å². The van der Waals surface area contributed by atoms with Crippen molar-refractivity contribution in [2.75, 3.05) is 0 Å². The van der Waals surface area contributed by atoms with Crippen molar-refractivity contribution in [1.29, 1.82) is 0 Å². The van der Waals surface area contributed by atoms with Gasteiger partial charge in [-0.15, -0.1) is 6.58 Å². The van der Waals surface area contributed by atoms with Gasteiger partial charge < -0.3 is 13.9 Å². The second-order valence-electron chi connectivity index (χ2n) is 10.1. The Morgan fingerprint density at radius 2 is 1.34 bits per heavy atom. The predicted octanol–water partition coefficient (Wildman–Crippen LogP) is 7.43. The Morgan fingerprint density at radius 3 is 2.03 bits per heavy atom. The number of nitrogens with zero attached hydrogens (tertiary/aromatic N) is 1. The van der Waals surface area contributed by atoms with Crippen LogP contribution < -0.4 is 5.46 Å². The summed E-state index contributed by atoms with van der Waals surface area (Å²) in [6.45, 7) is 13.6. The molecule has 0 atom stereocenters. The van der Waals surface area contributed by atoms with E-state index in [0.717, 1.165) is 11.2 Å². The fourth-order valence-corrected chi connectivity index (χ4v) is 4.79. The Kier molecular flexibility index (Phi) is 5.82. The molecule has 1 aliphatic heterocycles. The third-order valence-corrected chi connectivity index (χ3v) is 7.22. The number of aromatic nitrogens is 1. The van der Waals surface area contributed by atoms with E-state index in [2.05, 4.69) is 124 Å². The highest BCUT2D eigenvalue weighted by molar-refractivity contribution is 6.62. The summed E-state index contributed by atoms with van der Waals surface area (Å²) < 4.78 is 15.1. The number of hydrogen-bond acceptors (Lipinski definition) is 2. The average Bonchev–Trinajstić information content (AvgIpc) is 3.29. The van der Waals surface area contributed by atoms with Crippen molar-refractivity contribution >= 4 is 45.2 Å². The van der Waals surface area contributed by atoms with E-state index in [1.807, 2.05) is 6.92 Å². The first-order chi connectivity index (χ1) is 16.8. The molecule has 176 valence electrons. The highest BCUT2D eigenvalue weighted by atomic mass is 16.7. The quantitative estimate of drug-likeness (QED) is 0.202. The van der Waals surface area contributed by atoms with Crippen molar-refractivity contribution in [1.82, 2.24) is 4.57 Å². The van der Waals surface area contributed by atoms with Gasteiger partial charge in [-0.1, -0.05) is 66.7 Å². The molecular weight excluding hydrogens is 429 g/mol. The Hall–Kier alpha value is -3.34.